The maximum absolute atomic E-state index is 13.0. The highest BCUT2D eigenvalue weighted by molar-refractivity contribution is 7.71. The highest BCUT2D eigenvalue weighted by atomic mass is 32.1. The fourth-order valence-electron chi connectivity index (χ4n) is 3.93. The zero-order valence-corrected chi connectivity index (χ0v) is 17.3. The number of aromatic nitrogens is 3. The van der Waals surface area contributed by atoms with E-state index in [2.05, 4.69) is 19.7 Å². The predicted molar refractivity (Wildman–Crippen MR) is 112 cm³/mol. The van der Waals surface area contributed by atoms with Gasteiger partial charge in [0.2, 0.25) is 5.91 Å². The first-order chi connectivity index (χ1) is 14.1. The molecule has 9 heteroatoms. The number of rotatable bonds is 5. The van der Waals surface area contributed by atoms with Crippen LogP contribution < -0.4 is 5.32 Å². The average Bonchev–Trinajstić information content (AvgIpc) is 2.87. The Morgan fingerprint density at radius 1 is 1.03 bits per heavy atom. The van der Waals surface area contributed by atoms with E-state index in [0.29, 0.717) is 18.9 Å². The topological polar surface area (TPSA) is 58.3 Å². The molecule has 1 N–H and O–H groups in total. The normalized spacial score (nSPS) is 18.2. The number of fused-ring (bicyclic) bond motifs is 1. The van der Waals surface area contributed by atoms with Gasteiger partial charge >= 0.3 is 0 Å². The van der Waals surface area contributed by atoms with Crippen LogP contribution in [0.2, 0.25) is 0 Å². The van der Waals surface area contributed by atoms with Crippen molar-refractivity contribution in [2.75, 3.05) is 38.0 Å². The van der Waals surface area contributed by atoms with Gasteiger partial charge in [-0.1, -0.05) is 6.42 Å². The van der Waals surface area contributed by atoms with Gasteiger partial charge in [-0.15, -0.1) is 0 Å². The minimum Gasteiger partial charge on any atom is -0.325 e. The number of halogens is 1. The monoisotopic (exact) mass is 418 g/mol. The van der Waals surface area contributed by atoms with Gasteiger partial charge in [-0.25, -0.2) is 9.07 Å². The van der Waals surface area contributed by atoms with Crippen molar-refractivity contribution in [3.8, 4) is 0 Å². The largest absolute Gasteiger partial charge is 0.325 e. The van der Waals surface area contributed by atoms with E-state index in [9.17, 15) is 9.18 Å². The van der Waals surface area contributed by atoms with Crippen LogP contribution in [0.15, 0.2) is 24.3 Å². The molecule has 1 aromatic carbocycles. The standard InChI is InChI=1S/C20H27FN6OS/c21-16-5-7-17(8-6-16)22-19(28)14-24-10-12-25(13-11-24)15-27-20(29)26-9-3-1-2-4-18(26)23-27/h5-8H,1-4,9-15H2,(H,22,28). The number of benzene rings is 1. The van der Waals surface area contributed by atoms with Crippen molar-refractivity contribution >= 4 is 23.8 Å². The number of aryl methyl sites for hydroxylation is 1. The van der Waals surface area contributed by atoms with E-state index in [-0.39, 0.29) is 11.7 Å². The molecule has 156 valence electrons. The van der Waals surface area contributed by atoms with Crippen molar-refractivity contribution in [2.45, 2.75) is 38.9 Å². The number of hydrogen-bond donors (Lipinski definition) is 1. The molecule has 0 unspecified atom stereocenters. The molecule has 2 aromatic rings. The number of hydrogen-bond acceptors (Lipinski definition) is 5. The predicted octanol–water partition coefficient (Wildman–Crippen LogP) is 2.49. The van der Waals surface area contributed by atoms with Crippen LogP contribution in [0, 0.1) is 10.6 Å². The first-order valence-electron chi connectivity index (χ1n) is 10.2. The van der Waals surface area contributed by atoms with Gasteiger partial charge in [-0.3, -0.25) is 14.6 Å². The summed E-state index contributed by atoms with van der Waals surface area (Å²) in [5.41, 5.74) is 0.615. The summed E-state index contributed by atoms with van der Waals surface area (Å²) in [7, 11) is 0. The molecule has 1 fully saturated rings. The van der Waals surface area contributed by atoms with Crippen LogP contribution in [0.1, 0.15) is 25.1 Å². The molecule has 1 saturated heterocycles. The highest BCUT2D eigenvalue weighted by Gasteiger charge is 2.21. The Balaban J connectivity index is 1.26. The van der Waals surface area contributed by atoms with Gasteiger partial charge in [0, 0.05) is 44.8 Å². The van der Waals surface area contributed by atoms with Crippen molar-refractivity contribution in [3.05, 3.63) is 40.7 Å². The van der Waals surface area contributed by atoms with Gasteiger partial charge in [-0.05, 0) is 49.3 Å². The second-order valence-electron chi connectivity index (χ2n) is 7.75. The van der Waals surface area contributed by atoms with Gasteiger partial charge in [0.1, 0.15) is 11.6 Å². The smallest absolute Gasteiger partial charge is 0.238 e. The second kappa shape index (κ2) is 9.15. The third kappa shape index (κ3) is 5.09. The quantitative estimate of drug-likeness (QED) is 0.756. The van der Waals surface area contributed by atoms with E-state index >= 15 is 0 Å². The molecule has 1 aromatic heterocycles. The summed E-state index contributed by atoms with van der Waals surface area (Å²) in [6, 6.07) is 5.83. The van der Waals surface area contributed by atoms with Crippen LogP contribution in [-0.2, 0) is 24.4 Å². The Bertz CT molecular complexity index is 901. The first kappa shape index (κ1) is 20.2. The molecular formula is C20H27FN6OS. The molecule has 0 saturated carbocycles. The van der Waals surface area contributed by atoms with Crippen molar-refractivity contribution in [1.82, 2.24) is 24.1 Å². The van der Waals surface area contributed by atoms with E-state index in [1.807, 2.05) is 4.68 Å². The van der Waals surface area contributed by atoms with Crippen LogP contribution in [0.3, 0.4) is 0 Å². The number of piperazine rings is 1. The van der Waals surface area contributed by atoms with Gasteiger partial charge in [0.25, 0.3) is 0 Å². The molecule has 29 heavy (non-hydrogen) atoms. The molecule has 0 bridgehead atoms. The summed E-state index contributed by atoms with van der Waals surface area (Å²) in [6.45, 7) is 5.39. The van der Waals surface area contributed by atoms with Gasteiger partial charge in [0.15, 0.2) is 4.77 Å². The molecule has 0 atom stereocenters. The van der Waals surface area contributed by atoms with E-state index in [0.717, 1.165) is 49.7 Å². The minimum atomic E-state index is -0.312. The van der Waals surface area contributed by atoms with Crippen molar-refractivity contribution in [3.63, 3.8) is 0 Å². The molecule has 3 heterocycles. The van der Waals surface area contributed by atoms with Crippen LogP contribution >= 0.6 is 12.2 Å². The lowest BCUT2D eigenvalue weighted by molar-refractivity contribution is -0.117. The summed E-state index contributed by atoms with van der Waals surface area (Å²) in [6.07, 6.45) is 4.61. The Hall–Kier alpha value is -2.10. The van der Waals surface area contributed by atoms with E-state index in [4.69, 9.17) is 17.3 Å². The number of carbonyl (C=O) groups is 1. The van der Waals surface area contributed by atoms with Gasteiger partial charge < -0.3 is 9.88 Å². The molecule has 0 spiro atoms. The number of amides is 1. The average molecular weight is 419 g/mol. The second-order valence-corrected chi connectivity index (χ2v) is 8.12. The van der Waals surface area contributed by atoms with E-state index < -0.39 is 0 Å². The lowest BCUT2D eigenvalue weighted by atomic mass is 10.2. The first-order valence-corrected chi connectivity index (χ1v) is 10.7. The van der Waals surface area contributed by atoms with Crippen LogP contribution in [0.4, 0.5) is 10.1 Å². The zero-order valence-electron chi connectivity index (χ0n) is 16.5. The molecule has 4 rings (SSSR count). The lowest BCUT2D eigenvalue weighted by Crippen LogP contribution is -2.49. The number of nitrogens with one attached hydrogen (secondary N) is 1. The van der Waals surface area contributed by atoms with Gasteiger partial charge in [0.05, 0.1) is 13.2 Å². The SMILES string of the molecule is O=C(CN1CCN(Cn2nc3n(c2=S)CCCCC3)CC1)Nc1ccc(F)cc1. The number of carbonyl (C=O) groups excluding carboxylic acids is 1. The Labute approximate surface area is 175 Å². The fourth-order valence-corrected chi connectivity index (χ4v) is 4.23. The third-order valence-corrected chi connectivity index (χ3v) is 6.01. The molecule has 0 aliphatic carbocycles. The van der Waals surface area contributed by atoms with Crippen LogP contribution in [0.5, 0.6) is 0 Å². The minimum absolute atomic E-state index is 0.0786. The molecule has 7 nitrogen and oxygen atoms in total. The summed E-state index contributed by atoms with van der Waals surface area (Å²) in [4.78, 5) is 16.7. The number of anilines is 1. The Kier molecular flexibility index (Phi) is 6.37. The number of nitrogens with zero attached hydrogens (tertiary/aromatic N) is 5. The Morgan fingerprint density at radius 2 is 1.76 bits per heavy atom. The maximum Gasteiger partial charge on any atom is 0.238 e. The summed E-state index contributed by atoms with van der Waals surface area (Å²) < 4.78 is 17.9. The third-order valence-electron chi connectivity index (χ3n) is 5.58. The Morgan fingerprint density at radius 3 is 2.52 bits per heavy atom. The zero-order chi connectivity index (χ0) is 20.2. The molecular weight excluding hydrogens is 391 g/mol. The summed E-state index contributed by atoms with van der Waals surface area (Å²) in [5.74, 6) is 0.724. The summed E-state index contributed by atoms with van der Waals surface area (Å²) in [5, 5.41) is 7.57. The van der Waals surface area contributed by atoms with E-state index in [1.165, 1.54) is 31.4 Å². The highest BCUT2D eigenvalue weighted by Crippen LogP contribution is 2.15. The van der Waals surface area contributed by atoms with Crippen LogP contribution in [-0.4, -0.2) is 62.8 Å². The summed E-state index contributed by atoms with van der Waals surface area (Å²) >= 11 is 5.64. The molecule has 0 radical (unpaired) electrons. The molecule has 1 amide bonds. The van der Waals surface area contributed by atoms with Gasteiger partial charge in [-0.2, -0.15) is 5.10 Å². The van der Waals surface area contributed by atoms with Crippen LogP contribution in [0.25, 0.3) is 0 Å². The maximum atomic E-state index is 13.0. The molecule has 2 aliphatic heterocycles. The molecule has 2 aliphatic rings. The van der Waals surface area contributed by atoms with Crippen molar-refractivity contribution in [1.29, 1.82) is 0 Å². The fraction of sp³-hybridized carbons (Fsp3) is 0.550. The van der Waals surface area contributed by atoms with Crippen molar-refractivity contribution < 1.29 is 9.18 Å². The lowest BCUT2D eigenvalue weighted by Gasteiger charge is -2.33. The van der Waals surface area contributed by atoms with E-state index in [1.54, 1.807) is 12.1 Å². The van der Waals surface area contributed by atoms with Crippen molar-refractivity contribution in [2.24, 2.45) is 0 Å².